The summed E-state index contributed by atoms with van der Waals surface area (Å²) >= 11 is 0. The van der Waals surface area contributed by atoms with Crippen LogP contribution in [0.1, 0.15) is 27.7 Å². The highest BCUT2D eigenvalue weighted by atomic mass is 16.6. The van der Waals surface area contributed by atoms with Crippen molar-refractivity contribution < 1.29 is 19.5 Å². The van der Waals surface area contributed by atoms with Gasteiger partial charge in [-0.1, -0.05) is 0 Å². The zero-order valence-electron chi connectivity index (χ0n) is 10.2. The number of alkyl carbamates (subject to hydrolysis) is 1. The molecule has 1 aliphatic heterocycles. The SMILES string of the molecule is CCOC(=O)NC[C@@]1(C)OCC(C)(C)N1O. The minimum Gasteiger partial charge on any atom is -0.450 e. The van der Waals surface area contributed by atoms with Crippen LogP contribution in [0, 0.1) is 0 Å². The van der Waals surface area contributed by atoms with Gasteiger partial charge in [-0.15, -0.1) is 0 Å². The lowest BCUT2D eigenvalue weighted by Crippen LogP contribution is -2.54. The number of rotatable bonds is 3. The van der Waals surface area contributed by atoms with Gasteiger partial charge < -0.3 is 20.0 Å². The van der Waals surface area contributed by atoms with Gasteiger partial charge in [0.15, 0.2) is 5.72 Å². The molecule has 6 nitrogen and oxygen atoms in total. The van der Waals surface area contributed by atoms with Crippen LogP contribution in [-0.4, -0.2) is 47.4 Å². The van der Waals surface area contributed by atoms with Gasteiger partial charge in [0.1, 0.15) is 0 Å². The highest BCUT2D eigenvalue weighted by Gasteiger charge is 2.48. The summed E-state index contributed by atoms with van der Waals surface area (Å²) in [7, 11) is 0. The molecule has 1 fully saturated rings. The lowest BCUT2D eigenvalue weighted by Gasteiger charge is -2.34. The van der Waals surface area contributed by atoms with Gasteiger partial charge in [-0.3, -0.25) is 0 Å². The summed E-state index contributed by atoms with van der Waals surface area (Å²) < 4.78 is 10.2. The molecule has 6 heteroatoms. The van der Waals surface area contributed by atoms with Crippen molar-refractivity contribution in [3.8, 4) is 0 Å². The zero-order chi connectivity index (χ0) is 12.4. The molecule has 0 aliphatic carbocycles. The third kappa shape index (κ3) is 2.63. The molecular weight excluding hydrogens is 212 g/mol. The Bertz CT molecular complexity index is 270. The molecule has 2 N–H and O–H groups in total. The molecule has 0 unspecified atom stereocenters. The summed E-state index contributed by atoms with van der Waals surface area (Å²) in [6.07, 6.45) is -0.509. The lowest BCUT2D eigenvalue weighted by atomic mass is 10.1. The normalized spacial score (nSPS) is 29.1. The molecule has 1 saturated heterocycles. The average molecular weight is 232 g/mol. The second-order valence-electron chi connectivity index (χ2n) is 4.66. The van der Waals surface area contributed by atoms with E-state index in [9.17, 15) is 10.0 Å². The molecule has 0 bridgehead atoms. The number of ether oxygens (including phenoxy) is 2. The second kappa shape index (κ2) is 4.57. The largest absolute Gasteiger partial charge is 0.450 e. The van der Waals surface area contributed by atoms with E-state index in [0.717, 1.165) is 5.06 Å². The van der Waals surface area contributed by atoms with Crippen LogP contribution >= 0.6 is 0 Å². The van der Waals surface area contributed by atoms with E-state index >= 15 is 0 Å². The monoisotopic (exact) mass is 232 g/mol. The summed E-state index contributed by atoms with van der Waals surface area (Å²) in [5.74, 6) is 0. The number of nitrogens with zero attached hydrogens (tertiary/aromatic N) is 1. The van der Waals surface area contributed by atoms with Crippen molar-refractivity contribution >= 4 is 6.09 Å². The summed E-state index contributed by atoms with van der Waals surface area (Å²) in [4.78, 5) is 11.1. The first-order valence-electron chi connectivity index (χ1n) is 5.35. The van der Waals surface area contributed by atoms with Crippen molar-refractivity contribution in [2.24, 2.45) is 0 Å². The molecule has 1 atom stereocenters. The predicted molar refractivity (Wildman–Crippen MR) is 57.1 cm³/mol. The Kier molecular flexibility index (Phi) is 3.77. The molecule has 1 amide bonds. The minimum absolute atomic E-state index is 0.172. The Morgan fingerprint density at radius 1 is 1.56 bits per heavy atom. The van der Waals surface area contributed by atoms with Crippen LogP contribution in [-0.2, 0) is 9.47 Å². The third-order valence-electron chi connectivity index (χ3n) is 2.59. The lowest BCUT2D eigenvalue weighted by molar-refractivity contribution is -0.238. The van der Waals surface area contributed by atoms with E-state index in [4.69, 9.17) is 9.47 Å². The zero-order valence-corrected chi connectivity index (χ0v) is 10.2. The van der Waals surface area contributed by atoms with E-state index in [2.05, 4.69) is 5.32 Å². The molecule has 0 spiro atoms. The molecule has 0 aromatic carbocycles. The number of hydrogen-bond donors (Lipinski definition) is 2. The molecule has 0 aromatic heterocycles. The van der Waals surface area contributed by atoms with Crippen LogP contribution in [0.25, 0.3) is 0 Å². The van der Waals surface area contributed by atoms with Gasteiger partial charge in [0.2, 0.25) is 0 Å². The number of carbonyl (C=O) groups excluding carboxylic acids is 1. The smallest absolute Gasteiger partial charge is 0.407 e. The van der Waals surface area contributed by atoms with E-state index in [1.165, 1.54) is 0 Å². The van der Waals surface area contributed by atoms with Crippen LogP contribution < -0.4 is 5.32 Å². The van der Waals surface area contributed by atoms with Gasteiger partial charge >= 0.3 is 6.09 Å². The maximum absolute atomic E-state index is 11.1. The quantitative estimate of drug-likeness (QED) is 0.758. The van der Waals surface area contributed by atoms with E-state index in [1.807, 2.05) is 13.8 Å². The highest BCUT2D eigenvalue weighted by Crippen LogP contribution is 2.32. The van der Waals surface area contributed by atoms with Crippen molar-refractivity contribution in [3.05, 3.63) is 0 Å². The molecule has 0 radical (unpaired) electrons. The first-order chi connectivity index (χ1) is 7.32. The van der Waals surface area contributed by atoms with Crippen molar-refractivity contribution in [1.29, 1.82) is 0 Å². The van der Waals surface area contributed by atoms with Gasteiger partial charge in [-0.2, -0.15) is 5.06 Å². The van der Waals surface area contributed by atoms with Gasteiger partial charge in [0.05, 0.1) is 25.3 Å². The Morgan fingerprint density at radius 3 is 2.62 bits per heavy atom. The number of nitrogens with one attached hydrogen (secondary N) is 1. The Morgan fingerprint density at radius 2 is 2.19 bits per heavy atom. The first-order valence-corrected chi connectivity index (χ1v) is 5.35. The van der Waals surface area contributed by atoms with Gasteiger partial charge in [0, 0.05) is 0 Å². The maximum atomic E-state index is 11.1. The highest BCUT2D eigenvalue weighted by molar-refractivity contribution is 5.67. The van der Waals surface area contributed by atoms with Crippen molar-refractivity contribution in [2.75, 3.05) is 19.8 Å². The summed E-state index contributed by atoms with van der Waals surface area (Å²) in [5, 5.41) is 13.6. The maximum Gasteiger partial charge on any atom is 0.407 e. The minimum atomic E-state index is -0.906. The predicted octanol–water partition coefficient (Wildman–Crippen LogP) is 0.949. The number of hydrogen-bond acceptors (Lipinski definition) is 5. The van der Waals surface area contributed by atoms with Gasteiger partial charge in [-0.25, -0.2) is 4.79 Å². The number of carbonyl (C=O) groups is 1. The molecule has 1 aliphatic rings. The molecular formula is C10H20N2O4. The number of amides is 1. The van der Waals surface area contributed by atoms with Crippen molar-refractivity contribution in [2.45, 2.75) is 39.0 Å². The Hall–Kier alpha value is -0.850. The van der Waals surface area contributed by atoms with Gasteiger partial charge in [0.25, 0.3) is 0 Å². The van der Waals surface area contributed by atoms with Crippen LogP contribution in [0.2, 0.25) is 0 Å². The molecule has 0 saturated carbocycles. The van der Waals surface area contributed by atoms with Crippen LogP contribution in [0.4, 0.5) is 4.79 Å². The van der Waals surface area contributed by atoms with E-state index < -0.39 is 17.4 Å². The molecule has 16 heavy (non-hydrogen) atoms. The fourth-order valence-corrected chi connectivity index (χ4v) is 1.64. The fourth-order valence-electron chi connectivity index (χ4n) is 1.64. The molecule has 1 rings (SSSR count). The molecule has 1 heterocycles. The van der Waals surface area contributed by atoms with Crippen molar-refractivity contribution in [1.82, 2.24) is 10.4 Å². The second-order valence-corrected chi connectivity index (χ2v) is 4.66. The van der Waals surface area contributed by atoms with Gasteiger partial charge in [-0.05, 0) is 27.7 Å². The van der Waals surface area contributed by atoms with E-state index in [1.54, 1.807) is 13.8 Å². The standard InChI is InChI=1S/C10H20N2O4/c1-5-15-8(13)11-6-10(4)12(14)9(2,3)7-16-10/h14H,5-7H2,1-4H3,(H,11,13)/t10-/m1/s1. The van der Waals surface area contributed by atoms with E-state index in [-0.39, 0.29) is 6.54 Å². The molecule has 94 valence electrons. The van der Waals surface area contributed by atoms with Crippen LogP contribution in [0.5, 0.6) is 0 Å². The summed E-state index contributed by atoms with van der Waals surface area (Å²) in [5.41, 5.74) is -1.36. The summed E-state index contributed by atoms with van der Waals surface area (Å²) in [6.45, 7) is 8.07. The Labute approximate surface area is 95.5 Å². The van der Waals surface area contributed by atoms with Crippen molar-refractivity contribution in [3.63, 3.8) is 0 Å². The fraction of sp³-hybridized carbons (Fsp3) is 0.900. The summed E-state index contributed by atoms with van der Waals surface area (Å²) in [6, 6.07) is 0. The van der Waals surface area contributed by atoms with E-state index in [0.29, 0.717) is 13.2 Å². The number of hydroxylamine groups is 2. The molecule has 0 aromatic rings. The Balaban J connectivity index is 2.51. The topological polar surface area (TPSA) is 71.0 Å². The van der Waals surface area contributed by atoms with Crippen LogP contribution in [0.3, 0.4) is 0 Å². The average Bonchev–Trinajstić information content (AvgIpc) is 2.42. The van der Waals surface area contributed by atoms with Crippen LogP contribution in [0.15, 0.2) is 0 Å². The third-order valence-corrected chi connectivity index (χ3v) is 2.59. The first kappa shape index (κ1) is 13.2.